The first kappa shape index (κ1) is 84.3. The van der Waals surface area contributed by atoms with Gasteiger partial charge in [-0.3, -0.25) is 48.9 Å². The van der Waals surface area contributed by atoms with Crippen molar-refractivity contribution in [2.24, 2.45) is 0 Å². The third kappa shape index (κ3) is 18.3. The molecule has 0 radical (unpaired) electrons. The first-order valence-electron chi connectivity index (χ1n) is 37.7. The Kier molecular flexibility index (Phi) is 24.9. The van der Waals surface area contributed by atoms with E-state index in [1.807, 2.05) is 193 Å². The quantitative estimate of drug-likeness (QED) is 0.0452. The lowest BCUT2D eigenvalue weighted by Crippen LogP contribution is -2.12. The highest BCUT2D eigenvalue weighted by molar-refractivity contribution is 7.72. The maximum absolute atomic E-state index is 12.4. The number of benzene rings is 6. The Bertz CT molecular complexity index is 7980. The summed E-state index contributed by atoms with van der Waals surface area (Å²) in [6, 6.07) is 53.4. The summed E-state index contributed by atoms with van der Waals surface area (Å²) in [5.41, 5.74) is 17.5. The summed E-state index contributed by atoms with van der Waals surface area (Å²) in [5.74, 6) is 2.62. The molecule has 0 unspecified atom stereocenters. The van der Waals surface area contributed by atoms with Crippen LogP contribution in [-0.4, -0.2) is 128 Å². The number of aromatic amines is 10. The normalized spacial score (nSPS) is 10.9. The average molecular weight is 1800 g/mol. The van der Waals surface area contributed by atoms with Gasteiger partial charge in [0.2, 0.25) is 0 Å². The number of ether oxygens (including phenoxy) is 4. The maximum Gasteiger partial charge on any atom is 0.279 e. The van der Waals surface area contributed by atoms with Crippen molar-refractivity contribution in [2.45, 2.75) is 13.8 Å². The molecular weight excluding hydrogens is 1740 g/mol. The Morgan fingerprint density at radius 1 is 0.286 bits per heavy atom. The number of H-pyrrole nitrogens is 10. The van der Waals surface area contributed by atoms with Gasteiger partial charge in [-0.1, -0.05) is 108 Å². The van der Waals surface area contributed by atoms with E-state index in [1.165, 1.54) is 6.26 Å². The van der Waals surface area contributed by atoms with Crippen LogP contribution in [0, 0.1) is 37.7 Å². The van der Waals surface area contributed by atoms with Gasteiger partial charge in [0.1, 0.15) is 45.8 Å². The highest BCUT2D eigenvalue weighted by Crippen LogP contribution is 2.41. The van der Waals surface area contributed by atoms with Crippen molar-refractivity contribution in [3.05, 3.63) is 303 Å². The number of furan rings is 2. The number of thiophene rings is 2. The van der Waals surface area contributed by atoms with E-state index >= 15 is 0 Å². The minimum absolute atomic E-state index is 0.160. The van der Waals surface area contributed by atoms with Gasteiger partial charge in [0, 0.05) is 66.4 Å². The van der Waals surface area contributed by atoms with Crippen LogP contribution in [0.2, 0.25) is 0 Å². The summed E-state index contributed by atoms with van der Waals surface area (Å²) in [7, 11) is 6.37. The van der Waals surface area contributed by atoms with Crippen molar-refractivity contribution >= 4 is 140 Å². The van der Waals surface area contributed by atoms with Gasteiger partial charge >= 0.3 is 0 Å². The lowest BCUT2D eigenvalue weighted by Gasteiger charge is -2.14. The highest BCUT2D eigenvalue weighted by Gasteiger charge is 2.24. The first-order valence-corrected chi connectivity index (χ1v) is 41.6. The van der Waals surface area contributed by atoms with Crippen LogP contribution in [-0.2, 0) is 0 Å². The van der Waals surface area contributed by atoms with Gasteiger partial charge in [-0.2, -0.15) is 22.7 Å². The molecule has 0 fully saturated rings. The molecule has 0 saturated heterocycles. The molecule has 10 N–H and O–H groups in total. The summed E-state index contributed by atoms with van der Waals surface area (Å²) >= 11 is 28.4. The molecule has 0 aliphatic carbocycles. The smallest absolute Gasteiger partial charge is 0.279 e. The Labute approximate surface area is 742 Å². The van der Waals surface area contributed by atoms with Gasteiger partial charge in [0.25, 0.3) is 27.8 Å². The predicted octanol–water partition coefficient (Wildman–Crippen LogP) is 18.5. The predicted molar refractivity (Wildman–Crippen MR) is 497 cm³/mol. The molecule has 31 nitrogen and oxygen atoms in total. The standard InChI is InChI=1S/2C20H16N4O3S.C20H16N4OS.C14H8N4O3S.C14H8N4OS3/c1-26-13-7-3-5-11(9-13)15-16(12-6-4-8-14(10-12)27-2)22-18-17(21-15)19(25)24-20(28)23-18;1-26-13-9-5-3-7-11(13)15-16(12-8-4-6-10-14(12)27-2)22-18-17(21-15)19(25)24-20(28)23-18;1-11-3-7-13(8-4-11)15-16(14-9-5-12(2)6-10-14)22-18-17(21-15)19(25)24-20(26)23-18;19-13-11-12(17-14(22)18-13)16-10(8-2-4-21-6-8)9(15-11)7-1-3-20-5-7;19-13-11-12(17-14(20)18-13)16-10(8-2-4-22-6-8)9(15-11)7-1-3-21-5-7/h2*3-10H,1-2H3,(H2,22,23,24,25,28);3-10H,1-2H3,(H2,22,23,24,25,26);1-6H,(H2,16,17,18,19,22);1-6H,(H2,16,17,18,19,20). The van der Waals surface area contributed by atoms with Crippen LogP contribution in [0.4, 0.5) is 0 Å². The minimum atomic E-state index is -0.408. The fourth-order valence-corrected chi connectivity index (χ4v) is 15.4. The molecule has 0 aliphatic rings. The molecule has 126 heavy (non-hydrogen) atoms. The van der Waals surface area contributed by atoms with Crippen molar-refractivity contribution in [1.82, 2.24) is 99.7 Å². The third-order valence-corrected chi connectivity index (χ3v) is 21.5. The molecule has 0 bridgehead atoms. The van der Waals surface area contributed by atoms with E-state index in [0.717, 1.165) is 61.3 Å². The third-order valence-electron chi connectivity index (χ3n) is 19.1. The number of hydrogen-bond acceptors (Lipinski definition) is 28. The van der Waals surface area contributed by atoms with E-state index in [9.17, 15) is 24.0 Å². The van der Waals surface area contributed by atoms with Crippen LogP contribution < -0.4 is 46.7 Å². The van der Waals surface area contributed by atoms with Crippen molar-refractivity contribution in [3.63, 3.8) is 0 Å². The summed E-state index contributed by atoms with van der Waals surface area (Å²) in [6.07, 6.45) is 6.17. The summed E-state index contributed by atoms with van der Waals surface area (Å²) in [6.45, 7) is 4.06. The van der Waals surface area contributed by atoms with Crippen LogP contribution in [0.25, 0.3) is 168 Å². The Morgan fingerprint density at radius 2 is 0.579 bits per heavy atom. The number of aryl methyl sites for hydroxylation is 2. The van der Waals surface area contributed by atoms with Gasteiger partial charge in [0.05, 0.1) is 87.7 Å². The second-order valence-electron chi connectivity index (χ2n) is 27.3. The molecule has 0 spiro atoms. The number of nitrogens with zero attached hydrogens (tertiary/aromatic N) is 10. The molecule has 38 heteroatoms. The van der Waals surface area contributed by atoms with Gasteiger partial charge in [-0.15, -0.1) is 0 Å². The molecule has 14 aromatic heterocycles. The average Bonchev–Trinajstić information content (AvgIpc) is 0.917. The zero-order valence-corrected chi connectivity index (χ0v) is 72.3. The zero-order chi connectivity index (χ0) is 87.8. The fraction of sp³-hybridized carbons (Fsp3) is 0.0682. The van der Waals surface area contributed by atoms with Crippen LogP contribution >= 0.6 is 83.8 Å². The Hall–Kier alpha value is -15.3. The SMILES string of the molecule is COc1cccc(-c2nc3[nH]c(=S)[nH]c(=O)c3nc2-c2cccc(OC)c2)c1.COc1ccccc1-c1nc2[nH]c(=S)[nH]c(=O)c2nc1-c1ccccc1OC.Cc1ccc(-c2nc3[nH]c(=S)[nH]c(=O)c3nc2-c2ccc(C)cc2)cc1.O=c1[nH]c(=S)[nH]c2nc(-c3ccoc3)c(-c3ccoc3)nc12.O=c1[nH]c(=S)[nH]c2nc(-c3ccsc3)c(-c3ccsc3)nc12. The molecule has 0 amide bonds. The van der Waals surface area contributed by atoms with Crippen LogP contribution in [0.15, 0.2) is 249 Å². The number of rotatable bonds is 14. The molecular formula is C88H64N20O11S7. The molecule has 6 aromatic carbocycles. The second-order valence-corrected chi connectivity index (χ2v) is 30.9. The Balaban J connectivity index is 0.000000116. The highest BCUT2D eigenvalue weighted by atomic mass is 32.1. The fourth-order valence-electron chi connectivity index (χ4n) is 13.1. The maximum atomic E-state index is 12.4. The van der Waals surface area contributed by atoms with Gasteiger partial charge in [0.15, 0.2) is 79.7 Å². The molecule has 0 aliphatic heterocycles. The lowest BCUT2D eigenvalue weighted by atomic mass is 10.0. The Morgan fingerprint density at radius 3 is 0.913 bits per heavy atom. The van der Waals surface area contributed by atoms with E-state index in [1.54, 1.807) is 82.0 Å². The monoisotopic (exact) mass is 1800 g/mol. The summed E-state index contributed by atoms with van der Waals surface area (Å²) in [5, 5.41) is 7.96. The van der Waals surface area contributed by atoms with Crippen molar-refractivity contribution in [2.75, 3.05) is 28.4 Å². The van der Waals surface area contributed by atoms with Crippen LogP contribution in [0.3, 0.4) is 0 Å². The van der Waals surface area contributed by atoms with E-state index in [-0.39, 0.29) is 62.6 Å². The number of fused-ring (bicyclic) bond motifs is 5. The summed E-state index contributed by atoms with van der Waals surface area (Å²) < 4.78 is 32.9. The van der Waals surface area contributed by atoms with Crippen molar-refractivity contribution < 1.29 is 27.8 Å². The summed E-state index contributed by atoms with van der Waals surface area (Å²) in [4.78, 5) is 134. The van der Waals surface area contributed by atoms with E-state index in [4.69, 9.17) is 93.9 Å². The molecule has 0 atom stereocenters. The number of aromatic nitrogens is 20. The molecule has 0 saturated carbocycles. The first-order chi connectivity index (χ1) is 61.2. The van der Waals surface area contributed by atoms with Gasteiger partial charge in [-0.25, -0.2) is 49.8 Å². The number of hydrogen-bond donors (Lipinski definition) is 10. The molecule has 624 valence electrons. The van der Waals surface area contributed by atoms with Crippen molar-refractivity contribution in [1.29, 1.82) is 0 Å². The van der Waals surface area contributed by atoms with Crippen LogP contribution in [0.1, 0.15) is 11.1 Å². The van der Waals surface area contributed by atoms with E-state index < -0.39 is 16.7 Å². The molecule has 20 rings (SSSR count). The van der Waals surface area contributed by atoms with E-state index in [2.05, 4.69) is 94.7 Å². The zero-order valence-electron chi connectivity index (χ0n) is 66.6. The molecule has 14 heterocycles. The lowest BCUT2D eigenvalue weighted by molar-refractivity contribution is 0.415. The minimum Gasteiger partial charge on any atom is -0.497 e. The van der Waals surface area contributed by atoms with Gasteiger partial charge in [-0.05, 0) is 158 Å². The largest absolute Gasteiger partial charge is 0.497 e. The number of para-hydroxylation sites is 2. The van der Waals surface area contributed by atoms with Crippen molar-refractivity contribution in [3.8, 4) is 136 Å². The topological polar surface area (TPSA) is 435 Å². The van der Waals surface area contributed by atoms with Gasteiger partial charge < -0.3 is 52.7 Å². The van der Waals surface area contributed by atoms with E-state index in [0.29, 0.717) is 114 Å². The van der Waals surface area contributed by atoms with Crippen LogP contribution in [0.5, 0.6) is 23.0 Å². The second kappa shape index (κ2) is 37.2. The number of nitrogens with one attached hydrogen (secondary N) is 10. The number of methoxy groups -OCH3 is 4. The molecule has 20 aromatic rings.